The summed E-state index contributed by atoms with van der Waals surface area (Å²) in [6.45, 7) is 11.8. The molecule has 4 nitrogen and oxygen atoms in total. The number of nitrogens with zero attached hydrogens (tertiary/aromatic N) is 2. The van der Waals surface area contributed by atoms with Crippen molar-refractivity contribution >= 4 is 27.5 Å². The van der Waals surface area contributed by atoms with Gasteiger partial charge in [0.05, 0.1) is 16.8 Å². The van der Waals surface area contributed by atoms with E-state index in [1.54, 1.807) is 11.3 Å². The molecule has 0 aliphatic rings. The number of fused-ring (bicyclic) bond motifs is 1. The Morgan fingerprint density at radius 2 is 2.09 bits per heavy atom. The Hall–Kier alpha value is -1.46. The quantitative estimate of drug-likeness (QED) is 0.809. The van der Waals surface area contributed by atoms with Gasteiger partial charge in [-0.25, -0.2) is 0 Å². The molecular formula is C17H24N2O2S. The molecule has 0 bridgehead atoms. The van der Waals surface area contributed by atoms with Crippen LogP contribution in [0.3, 0.4) is 0 Å². The first-order valence-corrected chi connectivity index (χ1v) is 8.42. The van der Waals surface area contributed by atoms with Gasteiger partial charge in [-0.1, -0.05) is 44.2 Å². The first-order valence-electron chi connectivity index (χ1n) is 7.60. The first kappa shape index (κ1) is 16.9. The fourth-order valence-electron chi connectivity index (χ4n) is 2.15. The normalized spacial score (nSPS) is 13.0. The summed E-state index contributed by atoms with van der Waals surface area (Å²) in [5, 5.41) is 0. The molecule has 0 fully saturated rings. The molecule has 0 N–H and O–H groups in total. The van der Waals surface area contributed by atoms with E-state index in [4.69, 9.17) is 4.74 Å². The maximum absolute atomic E-state index is 12.3. The maximum Gasteiger partial charge on any atom is 0.253 e. The van der Waals surface area contributed by atoms with Crippen molar-refractivity contribution in [2.45, 2.75) is 41.2 Å². The Bertz CT molecular complexity index is 735. The van der Waals surface area contributed by atoms with Crippen LogP contribution in [0.2, 0.25) is 0 Å². The van der Waals surface area contributed by atoms with E-state index in [1.165, 1.54) is 5.56 Å². The van der Waals surface area contributed by atoms with Gasteiger partial charge in [-0.2, -0.15) is 4.99 Å². The average Bonchev–Trinajstić information content (AvgIpc) is 2.77. The van der Waals surface area contributed by atoms with Gasteiger partial charge in [-0.3, -0.25) is 4.79 Å². The molecule has 1 aromatic heterocycles. The van der Waals surface area contributed by atoms with Crippen molar-refractivity contribution in [2.24, 2.45) is 10.4 Å². The van der Waals surface area contributed by atoms with Crippen LogP contribution in [0, 0.1) is 12.3 Å². The van der Waals surface area contributed by atoms with E-state index >= 15 is 0 Å². The minimum absolute atomic E-state index is 0.0955. The number of aryl methyl sites for hydroxylation is 1. The van der Waals surface area contributed by atoms with Crippen LogP contribution in [0.5, 0.6) is 0 Å². The standard InChI is InChI=1S/C17H24N2O2S/c1-6-21-11-10-19-14-12(2)8-7-9-13(14)22-16(19)18-15(20)17(3,4)5/h7-9H,6,10-11H2,1-5H3. The zero-order valence-corrected chi connectivity index (χ0v) is 14.8. The van der Waals surface area contributed by atoms with Crippen molar-refractivity contribution in [3.05, 3.63) is 28.6 Å². The van der Waals surface area contributed by atoms with Crippen LogP contribution in [-0.2, 0) is 16.1 Å². The zero-order chi connectivity index (χ0) is 16.3. The predicted octanol–water partition coefficient (Wildman–Crippen LogP) is 3.52. The minimum Gasteiger partial charge on any atom is -0.380 e. The lowest BCUT2D eigenvalue weighted by atomic mass is 9.96. The second-order valence-corrected chi connectivity index (χ2v) is 7.33. The maximum atomic E-state index is 12.3. The summed E-state index contributed by atoms with van der Waals surface area (Å²) < 4.78 is 8.74. The monoisotopic (exact) mass is 320 g/mol. The van der Waals surface area contributed by atoms with Gasteiger partial charge in [0.15, 0.2) is 4.80 Å². The molecule has 1 aromatic carbocycles. The van der Waals surface area contributed by atoms with Gasteiger partial charge < -0.3 is 9.30 Å². The molecular weight excluding hydrogens is 296 g/mol. The number of aromatic nitrogens is 1. The summed E-state index contributed by atoms with van der Waals surface area (Å²) in [7, 11) is 0. The number of hydrogen-bond acceptors (Lipinski definition) is 3. The van der Waals surface area contributed by atoms with Crippen molar-refractivity contribution in [3.8, 4) is 0 Å². The number of ether oxygens (including phenoxy) is 1. The van der Waals surface area contributed by atoms with Gasteiger partial charge in [0, 0.05) is 18.6 Å². The molecule has 0 spiro atoms. The molecule has 120 valence electrons. The van der Waals surface area contributed by atoms with Crippen LogP contribution in [0.15, 0.2) is 23.2 Å². The number of rotatable bonds is 4. The van der Waals surface area contributed by atoms with E-state index < -0.39 is 5.41 Å². The second-order valence-electron chi connectivity index (χ2n) is 6.32. The Morgan fingerprint density at radius 3 is 2.73 bits per heavy atom. The van der Waals surface area contributed by atoms with Gasteiger partial charge in [0.1, 0.15) is 0 Å². The largest absolute Gasteiger partial charge is 0.380 e. The van der Waals surface area contributed by atoms with Crippen LogP contribution in [0.4, 0.5) is 0 Å². The number of hydrogen-bond donors (Lipinski definition) is 0. The van der Waals surface area contributed by atoms with Gasteiger partial charge in [0.25, 0.3) is 5.91 Å². The van der Waals surface area contributed by atoms with Crippen LogP contribution in [-0.4, -0.2) is 23.7 Å². The third-order valence-electron chi connectivity index (χ3n) is 3.40. The lowest BCUT2D eigenvalue weighted by molar-refractivity contribution is -0.125. The highest BCUT2D eigenvalue weighted by Crippen LogP contribution is 2.21. The zero-order valence-electron chi connectivity index (χ0n) is 14.0. The number of thiazole rings is 1. The lowest BCUT2D eigenvalue weighted by Gasteiger charge is -2.12. The summed E-state index contributed by atoms with van der Waals surface area (Å²) in [5.41, 5.74) is 1.87. The average molecular weight is 320 g/mol. The summed E-state index contributed by atoms with van der Waals surface area (Å²) in [6, 6.07) is 6.20. The number of benzene rings is 1. The molecule has 0 aliphatic carbocycles. The van der Waals surface area contributed by atoms with E-state index in [1.807, 2.05) is 33.8 Å². The Morgan fingerprint density at radius 1 is 1.36 bits per heavy atom. The Balaban J connectivity index is 2.57. The highest BCUT2D eigenvalue weighted by atomic mass is 32.1. The van der Waals surface area contributed by atoms with Gasteiger partial charge in [-0.15, -0.1) is 0 Å². The number of amides is 1. The molecule has 0 atom stereocenters. The van der Waals surface area contributed by atoms with E-state index in [-0.39, 0.29) is 5.91 Å². The van der Waals surface area contributed by atoms with Crippen LogP contribution < -0.4 is 4.80 Å². The van der Waals surface area contributed by atoms with Crippen molar-refractivity contribution < 1.29 is 9.53 Å². The van der Waals surface area contributed by atoms with Crippen LogP contribution in [0.25, 0.3) is 10.2 Å². The van der Waals surface area contributed by atoms with Crippen molar-refractivity contribution in [1.82, 2.24) is 4.57 Å². The second kappa shape index (κ2) is 6.75. The molecule has 0 saturated carbocycles. The molecule has 1 heterocycles. The fourth-order valence-corrected chi connectivity index (χ4v) is 3.29. The number of carbonyl (C=O) groups is 1. The molecule has 0 radical (unpaired) electrons. The summed E-state index contributed by atoms with van der Waals surface area (Å²) in [4.78, 5) is 17.4. The highest BCUT2D eigenvalue weighted by Gasteiger charge is 2.21. The third kappa shape index (κ3) is 3.65. The predicted molar refractivity (Wildman–Crippen MR) is 91.1 cm³/mol. The van der Waals surface area contributed by atoms with Crippen LogP contribution in [0.1, 0.15) is 33.3 Å². The van der Waals surface area contributed by atoms with Crippen LogP contribution >= 0.6 is 11.3 Å². The fraction of sp³-hybridized carbons (Fsp3) is 0.529. The summed E-state index contributed by atoms with van der Waals surface area (Å²) in [5.74, 6) is -0.0955. The smallest absolute Gasteiger partial charge is 0.253 e. The van der Waals surface area contributed by atoms with E-state index in [0.717, 1.165) is 15.0 Å². The minimum atomic E-state index is -0.469. The van der Waals surface area contributed by atoms with E-state index in [2.05, 4.69) is 28.6 Å². The van der Waals surface area contributed by atoms with Crippen molar-refractivity contribution in [1.29, 1.82) is 0 Å². The Kier molecular flexibility index (Phi) is 5.19. The number of carbonyl (C=O) groups excluding carboxylic acids is 1. The summed E-state index contributed by atoms with van der Waals surface area (Å²) in [6.07, 6.45) is 0. The van der Waals surface area contributed by atoms with Gasteiger partial charge in [-0.05, 0) is 25.5 Å². The Labute approximate surface area is 135 Å². The van der Waals surface area contributed by atoms with E-state index in [0.29, 0.717) is 19.8 Å². The first-order chi connectivity index (χ1) is 10.3. The summed E-state index contributed by atoms with van der Waals surface area (Å²) >= 11 is 1.56. The molecule has 0 aliphatic heterocycles. The molecule has 2 aromatic rings. The molecule has 0 saturated heterocycles. The lowest BCUT2D eigenvalue weighted by Crippen LogP contribution is -2.24. The topological polar surface area (TPSA) is 43.6 Å². The van der Waals surface area contributed by atoms with Crippen molar-refractivity contribution in [3.63, 3.8) is 0 Å². The SMILES string of the molecule is CCOCCn1c(=NC(=O)C(C)(C)C)sc2cccc(C)c21. The van der Waals surface area contributed by atoms with Gasteiger partial charge >= 0.3 is 0 Å². The van der Waals surface area contributed by atoms with Gasteiger partial charge in [0.2, 0.25) is 0 Å². The van der Waals surface area contributed by atoms with E-state index in [9.17, 15) is 4.79 Å². The number of para-hydroxylation sites is 1. The molecule has 0 unspecified atom stereocenters. The molecule has 22 heavy (non-hydrogen) atoms. The molecule has 1 amide bonds. The highest BCUT2D eigenvalue weighted by molar-refractivity contribution is 7.16. The molecule has 5 heteroatoms. The third-order valence-corrected chi connectivity index (χ3v) is 4.45. The van der Waals surface area contributed by atoms with Crippen molar-refractivity contribution in [2.75, 3.05) is 13.2 Å². The molecule has 2 rings (SSSR count).